The summed E-state index contributed by atoms with van der Waals surface area (Å²) >= 11 is 0. The van der Waals surface area contributed by atoms with Gasteiger partial charge >= 0.3 is 5.97 Å². The lowest BCUT2D eigenvalue weighted by Crippen LogP contribution is -2.41. The molecule has 2 aromatic rings. The highest BCUT2D eigenvalue weighted by Crippen LogP contribution is 2.40. The van der Waals surface area contributed by atoms with Crippen LogP contribution < -0.4 is 14.8 Å². The number of benzene rings is 2. The Kier molecular flexibility index (Phi) is 8.72. The molecule has 0 bridgehead atoms. The molecule has 1 heterocycles. The molecule has 7 nitrogen and oxygen atoms in total. The van der Waals surface area contributed by atoms with Crippen molar-refractivity contribution < 1.29 is 23.8 Å². The Morgan fingerprint density at radius 1 is 1.03 bits per heavy atom. The van der Waals surface area contributed by atoms with Crippen molar-refractivity contribution in [3.05, 3.63) is 53.1 Å². The van der Waals surface area contributed by atoms with Gasteiger partial charge in [0, 0.05) is 18.3 Å². The highest BCUT2D eigenvalue weighted by atomic mass is 16.5. The summed E-state index contributed by atoms with van der Waals surface area (Å²) in [5.41, 5.74) is 3.92. The van der Waals surface area contributed by atoms with Crippen LogP contribution in [-0.2, 0) is 20.7 Å². The molecule has 0 saturated carbocycles. The lowest BCUT2D eigenvalue weighted by atomic mass is 9.90. The summed E-state index contributed by atoms with van der Waals surface area (Å²) in [6.07, 6.45) is 0.914. The first kappa shape index (κ1) is 24.6. The van der Waals surface area contributed by atoms with Crippen molar-refractivity contribution in [3.63, 3.8) is 0 Å². The molecule has 0 aromatic heterocycles. The fraction of sp³-hybridized carbons (Fsp3) is 0.462. The van der Waals surface area contributed by atoms with Gasteiger partial charge in [0.1, 0.15) is 0 Å². The Hall–Kier alpha value is -3.06. The molecular weight excluding hydrogens is 420 g/mol. The van der Waals surface area contributed by atoms with Crippen LogP contribution in [-0.4, -0.2) is 49.7 Å². The molecule has 0 saturated heterocycles. The molecule has 0 unspecified atom stereocenters. The fourth-order valence-electron chi connectivity index (χ4n) is 4.21. The largest absolute Gasteiger partial charge is 0.490 e. The number of amides is 1. The molecule has 1 aliphatic heterocycles. The van der Waals surface area contributed by atoms with Gasteiger partial charge in [-0.2, -0.15) is 0 Å². The van der Waals surface area contributed by atoms with Crippen molar-refractivity contribution in [1.82, 2.24) is 4.90 Å². The van der Waals surface area contributed by atoms with Gasteiger partial charge < -0.3 is 19.5 Å². The van der Waals surface area contributed by atoms with E-state index < -0.39 is 0 Å². The summed E-state index contributed by atoms with van der Waals surface area (Å²) in [6, 6.07) is 11.4. The van der Waals surface area contributed by atoms with Gasteiger partial charge in [0.25, 0.3) is 0 Å². The lowest BCUT2D eigenvalue weighted by molar-refractivity contribution is -0.145. The number of aryl methyl sites for hydroxylation is 1. The summed E-state index contributed by atoms with van der Waals surface area (Å²) in [4.78, 5) is 27.4. The molecule has 178 valence electrons. The maximum Gasteiger partial charge on any atom is 0.307 e. The minimum absolute atomic E-state index is 0.117. The van der Waals surface area contributed by atoms with Crippen LogP contribution in [0.2, 0.25) is 0 Å². The zero-order valence-electron chi connectivity index (χ0n) is 20.0. The summed E-state index contributed by atoms with van der Waals surface area (Å²) < 4.78 is 16.8. The third kappa shape index (κ3) is 6.48. The van der Waals surface area contributed by atoms with E-state index >= 15 is 0 Å². The number of anilines is 1. The number of nitrogens with one attached hydrogen (secondary N) is 1. The number of fused-ring (bicyclic) bond motifs is 1. The van der Waals surface area contributed by atoms with Crippen LogP contribution in [0.25, 0.3) is 0 Å². The second kappa shape index (κ2) is 11.7. The molecule has 2 aromatic carbocycles. The first-order chi connectivity index (χ1) is 15.9. The highest BCUT2D eigenvalue weighted by Gasteiger charge is 2.32. The van der Waals surface area contributed by atoms with Crippen LogP contribution in [0.4, 0.5) is 5.69 Å². The maximum atomic E-state index is 12.9. The quantitative estimate of drug-likeness (QED) is 0.540. The third-order valence-corrected chi connectivity index (χ3v) is 5.59. The van der Waals surface area contributed by atoms with E-state index in [1.165, 1.54) is 0 Å². The third-order valence-electron chi connectivity index (χ3n) is 5.59. The van der Waals surface area contributed by atoms with E-state index in [2.05, 4.69) is 5.32 Å². The normalized spacial score (nSPS) is 15.5. The molecule has 3 rings (SSSR count). The first-order valence-corrected chi connectivity index (χ1v) is 11.6. The van der Waals surface area contributed by atoms with Crippen LogP contribution in [0.5, 0.6) is 11.5 Å². The predicted molar refractivity (Wildman–Crippen MR) is 128 cm³/mol. The van der Waals surface area contributed by atoms with E-state index in [-0.39, 0.29) is 30.9 Å². The summed E-state index contributed by atoms with van der Waals surface area (Å²) in [5.74, 6) is 0.955. The summed E-state index contributed by atoms with van der Waals surface area (Å²) in [5, 5.41) is 2.97. The zero-order chi connectivity index (χ0) is 23.8. The van der Waals surface area contributed by atoms with Gasteiger partial charge in [0.15, 0.2) is 11.5 Å². The number of carbonyl (C=O) groups excluding carboxylic acids is 2. The van der Waals surface area contributed by atoms with Gasteiger partial charge in [-0.15, -0.1) is 0 Å². The van der Waals surface area contributed by atoms with E-state index in [1.807, 2.05) is 62.1 Å². The predicted octanol–water partition coefficient (Wildman–Crippen LogP) is 4.28. The fourth-order valence-corrected chi connectivity index (χ4v) is 4.21. The standard InChI is InChI=1S/C26H34N2O5/c1-5-31-23-14-19-11-12-28(17-25(29)27-20-10-8-9-18(4)13-20)22(16-26(30)33-7-3)21(19)15-24(23)32-6-2/h8-10,13-15,22H,5-7,11-12,16-17H2,1-4H3,(H,27,29)/t22-/m0/s1. The molecule has 1 aliphatic rings. The van der Waals surface area contributed by atoms with E-state index in [0.717, 1.165) is 28.8 Å². The van der Waals surface area contributed by atoms with Crippen LogP contribution in [0, 0.1) is 6.92 Å². The van der Waals surface area contributed by atoms with E-state index in [9.17, 15) is 9.59 Å². The molecule has 1 N–H and O–H groups in total. The molecule has 1 amide bonds. The van der Waals surface area contributed by atoms with Crippen LogP contribution in [0.1, 0.15) is 49.9 Å². The van der Waals surface area contributed by atoms with Crippen molar-refractivity contribution in [2.75, 3.05) is 38.2 Å². The smallest absolute Gasteiger partial charge is 0.307 e. The SMILES string of the molecule is CCOC(=O)C[C@H]1c2cc(OCC)c(OCC)cc2CCN1CC(=O)Nc1cccc(C)c1. The number of carbonyl (C=O) groups is 2. The topological polar surface area (TPSA) is 77.1 Å². The first-order valence-electron chi connectivity index (χ1n) is 11.6. The molecule has 0 spiro atoms. The van der Waals surface area contributed by atoms with Gasteiger partial charge in [-0.25, -0.2) is 0 Å². The number of nitrogens with zero attached hydrogens (tertiary/aromatic N) is 1. The second-order valence-electron chi connectivity index (χ2n) is 8.03. The van der Waals surface area contributed by atoms with Crippen molar-refractivity contribution in [2.24, 2.45) is 0 Å². The molecule has 0 aliphatic carbocycles. The van der Waals surface area contributed by atoms with E-state index in [4.69, 9.17) is 14.2 Å². The average Bonchev–Trinajstić information content (AvgIpc) is 2.76. The van der Waals surface area contributed by atoms with E-state index in [0.29, 0.717) is 37.9 Å². The maximum absolute atomic E-state index is 12.9. The molecular formula is C26H34N2O5. The van der Waals surface area contributed by atoms with Gasteiger partial charge in [0.2, 0.25) is 5.91 Å². The van der Waals surface area contributed by atoms with Crippen molar-refractivity contribution in [1.29, 1.82) is 0 Å². The summed E-state index contributed by atoms with van der Waals surface area (Å²) in [7, 11) is 0. The monoisotopic (exact) mass is 454 g/mol. The van der Waals surface area contributed by atoms with Crippen molar-refractivity contribution in [3.8, 4) is 11.5 Å². The number of hydrogen-bond acceptors (Lipinski definition) is 6. The Balaban J connectivity index is 1.87. The van der Waals surface area contributed by atoms with Crippen LogP contribution >= 0.6 is 0 Å². The number of ether oxygens (including phenoxy) is 3. The van der Waals surface area contributed by atoms with Gasteiger partial charge in [-0.1, -0.05) is 12.1 Å². The van der Waals surface area contributed by atoms with Crippen molar-refractivity contribution in [2.45, 2.75) is 46.6 Å². The number of esters is 1. The molecule has 1 atom stereocenters. The molecule has 0 radical (unpaired) electrons. The van der Waals surface area contributed by atoms with E-state index in [1.54, 1.807) is 6.92 Å². The minimum Gasteiger partial charge on any atom is -0.490 e. The Morgan fingerprint density at radius 2 is 1.76 bits per heavy atom. The number of rotatable bonds is 10. The van der Waals surface area contributed by atoms with Crippen LogP contribution in [0.15, 0.2) is 36.4 Å². The molecule has 7 heteroatoms. The zero-order valence-corrected chi connectivity index (χ0v) is 20.0. The second-order valence-corrected chi connectivity index (χ2v) is 8.03. The highest BCUT2D eigenvalue weighted by molar-refractivity contribution is 5.92. The van der Waals surface area contributed by atoms with Gasteiger partial charge in [-0.3, -0.25) is 14.5 Å². The molecule has 33 heavy (non-hydrogen) atoms. The van der Waals surface area contributed by atoms with Crippen molar-refractivity contribution >= 4 is 17.6 Å². The lowest BCUT2D eigenvalue weighted by Gasteiger charge is -2.37. The summed E-state index contributed by atoms with van der Waals surface area (Å²) in [6.45, 7) is 9.83. The average molecular weight is 455 g/mol. The Morgan fingerprint density at radius 3 is 2.42 bits per heavy atom. The van der Waals surface area contributed by atoms with Gasteiger partial charge in [0.05, 0.1) is 32.8 Å². The minimum atomic E-state index is -0.286. The number of hydrogen-bond donors (Lipinski definition) is 1. The van der Waals surface area contributed by atoms with Gasteiger partial charge in [-0.05, 0) is 75.1 Å². The van der Waals surface area contributed by atoms with Crippen LogP contribution in [0.3, 0.4) is 0 Å². The Bertz CT molecular complexity index is 975. The molecule has 0 fully saturated rings. The Labute approximate surface area is 196 Å².